The van der Waals surface area contributed by atoms with Gasteiger partial charge in [-0.3, -0.25) is 9.59 Å². The molecular weight excluding hydrogens is 308 g/mol. The van der Waals surface area contributed by atoms with Gasteiger partial charge in [-0.25, -0.2) is 4.79 Å². The third-order valence-corrected chi connectivity index (χ3v) is 4.10. The van der Waals surface area contributed by atoms with Crippen LogP contribution in [0.1, 0.15) is 69.1 Å². The number of ketones is 2. The summed E-state index contributed by atoms with van der Waals surface area (Å²) in [5, 5.41) is 0. The molecule has 124 valence electrons. The lowest BCUT2D eigenvalue weighted by Gasteiger charge is -2.19. The topological polar surface area (TPSA) is 91.4 Å². The molecule has 2 N–H and O–H groups in total. The van der Waals surface area contributed by atoms with Crippen molar-refractivity contribution in [1.29, 1.82) is 0 Å². The number of carbonyl (C=O) groups excluding carboxylic acids is 3. The molecule has 0 saturated carbocycles. The highest BCUT2D eigenvalue weighted by atomic mass is 16.5. The van der Waals surface area contributed by atoms with E-state index in [1.165, 1.54) is 4.57 Å². The zero-order valence-corrected chi connectivity index (χ0v) is 13.8. The van der Waals surface area contributed by atoms with E-state index in [4.69, 9.17) is 10.5 Å². The van der Waals surface area contributed by atoms with E-state index in [1.807, 2.05) is 13.8 Å². The van der Waals surface area contributed by atoms with Crippen LogP contribution in [-0.4, -0.2) is 28.7 Å². The first-order chi connectivity index (χ1) is 11.4. The molecule has 0 fully saturated rings. The molecule has 6 nitrogen and oxygen atoms in total. The van der Waals surface area contributed by atoms with Crippen LogP contribution in [0.15, 0.2) is 24.3 Å². The van der Waals surface area contributed by atoms with Gasteiger partial charge in [0.05, 0.1) is 12.2 Å². The van der Waals surface area contributed by atoms with Gasteiger partial charge >= 0.3 is 5.97 Å². The van der Waals surface area contributed by atoms with Gasteiger partial charge in [0, 0.05) is 17.2 Å². The molecule has 0 amide bonds. The zero-order chi connectivity index (χ0) is 17.6. The van der Waals surface area contributed by atoms with E-state index in [0.29, 0.717) is 5.56 Å². The number of rotatable bonds is 3. The van der Waals surface area contributed by atoms with Gasteiger partial charge in [0.1, 0.15) is 17.1 Å². The molecule has 1 aliphatic carbocycles. The van der Waals surface area contributed by atoms with E-state index in [9.17, 15) is 14.4 Å². The lowest BCUT2D eigenvalue weighted by molar-refractivity contribution is 0.0525. The number of ether oxygens (including phenoxy) is 1. The predicted molar refractivity (Wildman–Crippen MR) is 88.5 cm³/mol. The van der Waals surface area contributed by atoms with Gasteiger partial charge in [-0.15, -0.1) is 0 Å². The minimum absolute atomic E-state index is 0.0200. The van der Waals surface area contributed by atoms with Crippen molar-refractivity contribution in [1.82, 2.24) is 4.57 Å². The van der Waals surface area contributed by atoms with Gasteiger partial charge in [0.15, 0.2) is 5.78 Å². The molecule has 2 aromatic rings. The van der Waals surface area contributed by atoms with Gasteiger partial charge in [-0.1, -0.05) is 24.3 Å². The molecule has 24 heavy (non-hydrogen) atoms. The Balaban J connectivity index is 2.37. The summed E-state index contributed by atoms with van der Waals surface area (Å²) in [5.41, 5.74) is 6.92. The van der Waals surface area contributed by atoms with Crippen LogP contribution in [0.3, 0.4) is 0 Å². The number of aromatic nitrogens is 1. The minimum atomic E-state index is -0.689. The predicted octanol–water partition coefficient (Wildman–Crippen LogP) is 2.60. The Hall–Kier alpha value is -2.89. The Morgan fingerprint density at radius 2 is 1.75 bits per heavy atom. The van der Waals surface area contributed by atoms with Crippen molar-refractivity contribution in [3.63, 3.8) is 0 Å². The number of carbonyl (C=O) groups is 3. The zero-order valence-electron chi connectivity index (χ0n) is 13.8. The van der Waals surface area contributed by atoms with Crippen molar-refractivity contribution in [2.24, 2.45) is 0 Å². The van der Waals surface area contributed by atoms with Gasteiger partial charge < -0.3 is 15.0 Å². The molecule has 0 bridgehead atoms. The Kier molecular flexibility index (Phi) is 3.75. The Bertz CT molecular complexity index is 877. The smallest absolute Gasteiger partial charge is 0.342 e. The van der Waals surface area contributed by atoms with Gasteiger partial charge in [0.25, 0.3) is 0 Å². The molecule has 1 aromatic carbocycles. The fourth-order valence-corrected chi connectivity index (χ4v) is 3.14. The monoisotopic (exact) mass is 326 g/mol. The van der Waals surface area contributed by atoms with E-state index in [2.05, 4.69) is 0 Å². The normalized spacial score (nSPS) is 13.0. The molecule has 1 aromatic heterocycles. The van der Waals surface area contributed by atoms with Crippen LogP contribution in [0.5, 0.6) is 0 Å². The number of nitrogen functional groups attached to an aromatic ring is 1. The van der Waals surface area contributed by atoms with Crippen molar-refractivity contribution in [2.75, 3.05) is 12.3 Å². The number of nitrogens with zero attached hydrogens (tertiary/aromatic N) is 1. The average Bonchev–Trinajstić information content (AvgIpc) is 2.86. The van der Waals surface area contributed by atoms with Crippen LogP contribution in [0.4, 0.5) is 5.82 Å². The summed E-state index contributed by atoms with van der Waals surface area (Å²) in [5.74, 6) is -1.29. The molecule has 0 spiro atoms. The Morgan fingerprint density at radius 1 is 1.17 bits per heavy atom. The number of hydrogen-bond donors (Lipinski definition) is 1. The number of esters is 1. The number of hydrogen-bond acceptors (Lipinski definition) is 5. The lowest BCUT2D eigenvalue weighted by atomic mass is 9.86. The van der Waals surface area contributed by atoms with Gasteiger partial charge in [0.2, 0.25) is 5.78 Å². The SMILES string of the molecule is CCOC(=O)c1c2c(n(C(C)C)c1N)C(=O)c1ccccc1C2=O. The molecule has 0 unspecified atom stereocenters. The van der Waals surface area contributed by atoms with Crippen molar-refractivity contribution in [2.45, 2.75) is 26.8 Å². The summed E-state index contributed by atoms with van der Waals surface area (Å²) in [4.78, 5) is 38.2. The third-order valence-electron chi connectivity index (χ3n) is 4.10. The maximum Gasteiger partial charge on any atom is 0.342 e. The van der Waals surface area contributed by atoms with Crippen LogP contribution in [0.2, 0.25) is 0 Å². The fraction of sp³-hybridized carbons (Fsp3) is 0.278. The highest BCUT2D eigenvalue weighted by molar-refractivity contribution is 6.31. The number of nitrogens with two attached hydrogens (primary N) is 1. The van der Waals surface area contributed by atoms with Gasteiger partial charge in [-0.2, -0.15) is 0 Å². The first-order valence-corrected chi connectivity index (χ1v) is 7.79. The highest BCUT2D eigenvalue weighted by Crippen LogP contribution is 2.37. The van der Waals surface area contributed by atoms with Crippen LogP contribution >= 0.6 is 0 Å². The largest absolute Gasteiger partial charge is 0.462 e. The molecular formula is C18H18N2O4. The molecule has 3 rings (SSSR count). The Labute approximate surface area is 139 Å². The summed E-state index contributed by atoms with van der Waals surface area (Å²) in [6.45, 7) is 5.49. The average molecular weight is 326 g/mol. The molecule has 0 saturated heterocycles. The minimum Gasteiger partial charge on any atom is -0.462 e. The van der Waals surface area contributed by atoms with E-state index >= 15 is 0 Å². The quantitative estimate of drug-likeness (QED) is 0.747. The summed E-state index contributed by atoms with van der Waals surface area (Å²) >= 11 is 0. The second-order valence-corrected chi connectivity index (χ2v) is 5.87. The van der Waals surface area contributed by atoms with Crippen LogP contribution in [-0.2, 0) is 4.74 Å². The van der Waals surface area contributed by atoms with E-state index < -0.39 is 5.97 Å². The third kappa shape index (κ3) is 2.06. The van der Waals surface area contributed by atoms with Crippen molar-refractivity contribution in [3.05, 3.63) is 52.2 Å². The van der Waals surface area contributed by atoms with Crippen LogP contribution in [0.25, 0.3) is 0 Å². The molecule has 0 radical (unpaired) electrons. The number of fused-ring (bicyclic) bond motifs is 2. The lowest BCUT2D eigenvalue weighted by Crippen LogP contribution is -2.24. The van der Waals surface area contributed by atoms with Crippen LogP contribution in [0, 0.1) is 0 Å². The van der Waals surface area contributed by atoms with Crippen molar-refractivity contribution < 1.29 is 19.1 Å². The van der Waals surface area contributed by atoms with E-state index in [1.54, 1.807) is 31.2 Å². The first kappa shape index (κ1) is 16.0. The van der Waals surface area contributed by atoms with Crippen molar-refractivity contribution in [3.8, 4) is 0 Å². The molecule has 1 heterocycles. The second kappa shape index (κ2) is 5.63. The van der Waals surface area contributed by atoms with Gasteiger partial charge in [-0.05, 0) is 20.8 Å². The highest BCUT2D eigenvalue weighted by Gasteiger charge is 2.40. The maximum atomic E-state index is 12.9. The maximum absolute atomic E-state index is 12.9. The molecule has 0 atom stereocenters. The molecule has 6 heteroatoms. The van der Waals surface area contributed by atoms with Crippen LogP contribution < -0.4 is 5.73 Å². The standard InChI is InChI=1S/C18H18N2O4/c1-4-24-18(23)13-12-14(20(9(2)3)17(13)19)16(22)11-8-6-5-7-10(11)15(12)21/h5-9H,4,19H2,1-3H3. The summed E-state index contributed by atoms with van der Waals surface area (Å²) in [6.07, 6.45) is 0. The second-order valence-electron chi connectivity index (χ2n) is 5.87. The number of benzene rings is 1. The number of anilines is 1. The van der Waals surface area contributed by atoms with E-state index in [0.717, 1.165) is 0 Å². The van der Waals surface area contributed by atoms with Crippen molar-refractivity contribution >= 4 is 23.4 Å². The summed E-state index contributed by atoms with van der Waals surface area (Å²) in [6, 6.07) is 6.38. The van der Waals surface area contributed by atoms with E-state index in [-0.39, 0.29) is 52.4 Å². The molecule has 1 aliphatic rings. The first-order valence-electron chi connectivity index (χ1n) is 7.79. The molecule has 0 aliphatic heterocycles. The summed E-state index contributed by atoms with van der Waals surface area (Å²) < 4.78 is 6.58. The summed E-state index contributed by atoms with van der Waals surface area (Å²) in [7, 11) is 0. The Morgan fingerprint density at radius 3 is 2.29 bits per heavy atom. The fourth-order valence-electron chi connectivity index (χ4n) is 3.14.